The molecule has 0 aromatic heterocycles. The Bertz CT molecular complexity index is 770. The molecule has 208 valence electrons. The Kier molecular flexibility index (Phi) is 8.54. The van der Waals surface area contributed by atoms with E-state index in [4.69, 9.17) is 14.2 Å². The van der Waals surface area contributed by atoms with Gasteiger partial charge in [0.1, 0.15) is 6.79 Å². The highest BCUT2D eigenvalue weighted by atomic mass is 16.7. The molecule has 0 aliphatic heterocycles. The number of aliphatic hydroxyl groups is 1. The number of aliphatic hydroxyl groups excluding tert-OH is 1. The van der Waals surface area contributed by atoms with Crippen LogP contribution in [0.4, 0.5) is 0 Å². The standard InChI is InChI=1S/C31H54O5/c1-9-21-24-14-18(2)12-13-30(24,5)25-16-20(4)31(6)22(19(3)15-26(32)29(33)35-8)10-11-23(31)27(25)28(21)36-17-34-7/h18-28,32H,9-17H2,1-8H3/t18-,19-,20+,21-,22-,23?,24+,25?,26?,27?,28?,30+,31-/m1/s1. The summed E-state index contributed by atoms with van der Waals surface area (Å²) in [6, 6.07) is 0. The van der Waals surface area contributed by atoms with Gasteiger partial charge in [-0.05, 0) is 103 Å². The zero-order valence-electron chi connectivity index (χ0n) is 24.3. The van der Waals surface area contributed by atoms with Crippen molar-refractivity contribution >= 4 is 5.97 Å². The summed E-state index contributed by atoms with van der Waals surface area (Å²) in [5, 5.41) is 10.5. The van der Waals surface area contributed by atoms with Crippen molar-refractivity contribution in [2.45, 2.75) is 105 Å². The Morgan fingerprint density at radius 1 is 1.06 bits per heavy atom. The Labute approximate surface area is 220 Å². The molecule has 36 heavy (non-hydrogen) atoms. The van der Waals surface area contributed by atoms with E-state index in [0.717, 1.165) is 11.8 Å². The van der Waals surface area contributed by atoms with Gasteiger partial charge in [0, 0.05) is 7.11 Å². The molecule has 4 aliphatic rings. The predicted octanol–water partition coefficient (Wildman–Crippen LogP) is 6.32. The van der Waals surface area contributed by atoms with Gasteiger partial charge in [0.05, 0.1) is 13.2 Å². The molecule has 0 aromatic rings. The first-order valence-corrected chi connectivity index (χ1v) is 14.9. The SMILES string of the molecule is CC[C@H]1C(OCOC)C2C3CC[C@H]([C@H](C)CC(O)C(=O)OC)[C@@]3(C)[C@@H](C)CC2[C@@]2(C)CC[C@@H](C)C[C@@H]12. The van der Waals surface area contributed by atoms with Gasteiger partial charge in [0.2, 0.25) is 0 Å². The summed E-state index contributed by atoms with van der Waals surface area (Å²) < 4.78 is 17.0. The lowest BCUT2D eigenvalue weighted by molar-refractivity contribution is -0.240. The first kappa shape index (κ1) is 28.4. The summed E-state index contributed by atoms with van der Waals surface area (Å²) in [6.45, 7) is 15.2. The van der Waals surface area contributed by atoms with Crippen molar-refractivity contribution in [3.05, 3.63) is 0 Å². The number of carbonyl (C=O) groups excluding carboxylic acids is 1. The van der Waals surface area contributed by atoms with Crippen LogP contribution in [0.2, 0.25) is 0 Å². The largest absolute Gasteiger partial charge is 0.467 e. The number of hydrogen-bond acceptors (Lipinski definition) is 5. The molecule has 0 saturated heterocycles. The molecule has 5 unspecified atom stereocenters. The van der Waals surface area contributed by atoms with Crippen molar-refractivity contribution in [1.29, 1.82) is 0 Å². The smallest absolute Gasteiger partial charge is 0.334 e. The topological polar surface area (TPSA) is 65.0 Å². The monoisotopic (exact) mass is 506 g/mol. The molecule has 0 aromatic carbocycles. The van der Waals surface area contributed by atoms with Gasteiger partial charge in [-0.15, -0.1) is 0 Å². The summed E-state index contributed by atoms with van der Waals surface area (Å²) in [7, 11) is 3.11. The molecule has 4 saturated carbocycles. The van der Waals surface area contributed by atoms with E-state index < -0.39 is 12.1 Å². The number of methoxy groups -OCH3 is 2. The zero-order valence-corrected chi connectivity index (χ0v) is 24.3. The molecule has 0 radical (unpaired) electrons. The third-order valence-corrected chi connectivity index (χ3v) is 12.4. The van der Waals surface area contributed by atoms with Gasteiger partial charge in [-0.2, -0.15) is 0 Å². The van der Waals surface area contributed by atoms with E-state index in [-0.39, 0.29) is 17.4 Å². The maximum absolute atomic E-state index is 12.0. The lowest BCUT2D eigenvalue weighted by Crippen LogP contribution is -2.63. The number of ether oxygens (including phenoxy) is 3. The fraction of sp³-hybridized carbons (Fsp3) is 0.968. The molecular weight excluding hydrogens is 452 g/mol. The van der Waals surface area contributed by atoms with Gasteiger partial charge in [0.15, 0.2) is 6.10 Å². The highest BCUT2D eigenvalue weighted by molar-refractivity contribution is 5.74. The Balaban J connectivity index is 1.69. The molecule has 1 N–H and O–H groups in total. The lowest BCUT2D eigenvalue weighted by atomic mass is 9.39. The minimum Gasteiger partial charge on any atom is -0.467 e. The van der Waals surface area contributed by atoms with Crippen molar-refractivity contribution in [3.63, 3.8) is 0 Å². The second-order valence-electron chi connectivity index (χ2n) is 13.8. The first-order chi connectivity index (χ1) is 17.0. The first-order valence-electron chi connectivity index (χ1n) is 14.9. The van der Waals surface area contributed by atoms with E-state index in [1.54, 1.807) is 7.11 Å². The van der Waals surface area contributed by atoms with Crippen molar-refractivity contribution in [1.82, 2.24) is 0 Å². The zero-order chi connectivity index (χ0) is 26.4. The summed E-state index contributed by atoms with van der Waals surface area (Å²) >= 11 is 0. The Morgan fingerprint density at radius 3 is 2.42 bits per heavy atom. The fourth-order valence-electron chi connectivity index (χ4n) is 10.6. The third-order valence-electron chi connectivity index (χ3n) is 12.4. The predicted molar refractivity (Wildman–Crippen MR) is 142 cm³/mol. The molecule has 5 heteroatoms. The van der Waals surface area contributed by atoms with E-state index in [1.807, 2.05) is 0 Å². The Hall–Kier alpha value is -0.650. The van der Waals surface area contributed by atoms with Gasteiger partial charge in [-0.1, -0.05) is 54.4 Å². The van der Waals surface area contributed by atoms with Crippen LogP contribution in [0.1, 0.15) is 92.9 Å². The van der Waals surface area contributed by atoms with Crippen molar-refractivity contribution in [2.75, 3.05) is 21.0 Å². The van der Waals surface area contributed by atoms with Crippen molar-refractivity contribution < 1.29 is 24.1 Å². The Morgan fingerprint density at radius 2 is 1.78 bits per heavy atom. The normalized spacial score (nSPS) is 47.9. The van der Waals surface area contributed by atoms with Crippen LogP contribution in [0.25, 0.3) is 0 Å². The van der Waals surface area contributed by atoms with E-state index in [2.05, 4.69) is 41.5 Å². The average molecular weight is 507 g/mol. The van der Waals surface area contributed by atoms with E-state index in [0.29, 0.717) is 54.1 Å². The fourth-order valence-corrected chi connectivity index (χ4v) is 10.6. The van der Waals surface area contributed by atoms with Crippen molar-refractivity contribution in [2.24, 2.45) is 64.1 Å². The lowest BCUT2D eigenvalue weighted by Gasteiger charge is -2.67. The van der Waals surface area contributed by atoms with Crippen LogP contribution in [0.3, 0.4) is 0 Å². The molecule has 5 nitrogen and oxygen atoms in total. The summed E-state index contributed by atoms with van der Waals surface area (Å²) in [6.07, 6.45) is 8.62. The maximum atomic E-state index is 12.0. The molecule has 0 heterocycles. The molecule has 4 fully saturated rings. The second kappa shape index (κ2) is 10.8. The number of hydrogen-bond donors (Lipinski definition) is 1. The van der Waals surface area contributed by atoms with Gasteiger partial charge in [-0.3, -0.25) is 0 Å². The molecule has 0 amide bonds. The minimum atomic E-state index is -1.03. The number of carbonyl (C=O) groups is 1. The maximum Gasteiger partial charge on any atom is 0.334 e. The third kappa shape index (κ3) is 4.47. The molecule has 4 aliphatic carbocycles. The molecule has 0 bridgehead atoms. The summed E-state index contributed by atoms with van der Waals surface area (Å²) in [5.74, 6) is 4.88. The van der Waals surface area contributed by atoms with Crippen LogP contribution in [0.15, 0.2) is 0 Å². The van der Waals surface area contributed by atoms with E-state index in [9.17, 15) is 9.90 Å². The van der Waals surface area contributed by atoms with Crippen LogP contribution in [-0.4, -0.2) is 44.3 Å². The number of esters is 1. The molecule has 0 spiro atoms. The number of rotatable bonds is 8. The van der Waals surface area contributed by atoms with Crippen LogP contribution in [-0.2, 0) is 19.0 Å². The molecule has 13 atom stereocenters. The van der Waals surface area contributed by atoms with E-state index >= 15 is 0 Å². The summed E-state index contributed by atoms with van der Waals surface area (Å²) in [4.78, 5) is 12.0. The second-order valence-corrected chi connectivity index (χ2v) is 13.8. The van der Waals surface area contributed by atoms with Crippen LogP contribution in [0, 0.1) is 64.1 Å². The van der Waals surface area contributed by atoms with Crippen molar-refractivity contribution in [3.8, 4) is 0 Å². The quantitative estimate of drug-likeness (QED) is 0.308. The van der Waals surface area contributed by atoms with Crippen LogP contribution in [0.5, 0.6) is 0 Å². The van der Waals surface area contributed by atoms with Gasteiger partial charge < -0.3 is 19.3 Å². The van der Waals surface area contributed by atoms with Crippen LogP contribution < -0.4 is 0 Å². The molecule has 4 rings (SSSR count). The highest BCUT2D eigenvalue weighted by Gasteiger charge is 2.67. The van der Waals surface area contributed by atoms with Gasteiger partial charge in [-0.25, -0.2) is 4.79 Å². The average Bonchev–Trinajstić information content (AvgIpc) is 3.21. The van der Waals surface area contributed by atoms with Gasteiger partial charge >= 0.3 is 5.97 Å². The minimum absolute atomic E-state index is 0.189. The summed E-state index contributed by atoms with van der Waals surface area (Å²) in [5.41, 5.74) is 0.583. The number of fused-ring (bicyclic) bond motifs is 5. The van der Waals surface area contributed by atoms with E-state index in [1.165, 1.54) is 52.1 Å². The van der Waals surface area contributed by atoms with Crippen LogP contribution >= 0.6 is 0 Å². The highest BCUT2D eigenvalue weighted by Crippen LogP contribution is 2.71. The molecular formula is C31H54O5. The van der Waals surface area contributed by atoms with Gasteiger partial charge in [0.25, 0.3) is 0 Å².